The second kappa shape index (κ2) is 14.8. The molecular formula is C40H62N6O7. The number of amides is 7. The van der Waals surface area contributed by atoms with E-state index in [-0.39, 0.29) is 53.5 Å². The Morgan fingerprint density at radius 2 is 1.51 bits per heavy atom. The first-order chi connectivity index (χ1) is 24.6. The van der Waals surface area contributed by atoms with Gasteiger partial charge < -0.3 is 26.2 Å². The summed E-state index contributed by atoms with van der Waals surface area (Å²) in [5, 5.41) is 11.2. The molecule has 5 fully saturated rings. The number of hydrogen-bond acceptors (Lipinski definition) is 7. The molecule has 0 aromatic heterocycles. The molecule has 6 atom stereocenters. The van der Waals surface area contributed by atoms with Gasteiger partial charge in [-0.05, 0) is 58.7 Å². The Labute approximate surface area is 314 Å². The molecule has 53 heavy (non-hydrogen) atoms. The van der Waals surface area contributed by atoms with Crippen LogP contribution in [0.1, 0.15) is 113 Å². The first-order valence-electron chi connectivity index (χ1n) is 19.5. The summed E-state index contributed by atoms with van der Waals surface area (Å²) in [6, 6.07) is -4.16. The van der Waals surface area contributed by atoms with E-state index in [0.29, 0.717) is 25.8 Å². The Morgan fingerprint density at radius 1 is 0.906 bits per heavy atom. The van der Waals surface area contributed by atoms with Crippen molar-refractivity contribution in [2.75, 3.05) is 19.6 Å². The summed E-state index contributed by atoms with van der Waals surface area (Å²) in [5.41, 5.74) is -1.75. The Morgan fingerprint density at radius 3 is 2.04 bits per heavy atom. The van der Waals surface area contributed by atoms with E-state index in [1.54, 1.807) is 0 Å². The molecule has 3 saturated carbocycles. The third kappa shape index (κ3) is 8.80. The van der Waals surface area contributed by atoms with Crippen LogP contribution in [0, 0.1) is 39.4 Å². The number of Topliss-reactive ketones (excluding diaryl/α,β-unsaturated/α-hetero) is 1. The average Bonchev–Trinajstić information content (AvgIpc) is 3.81. The summed E-state index contributed by atoms with van der Waals surface area (Å²) in [6.07, 6.45) is 8.15. The van der Waals surface area contributed by atoms with Crippen molar-refractivity contribution in [2.24, 2.45) is 39.4 Å². The van der Waals surface area contributed by atoms with Gasteiger partial charge in [-0.2, -0.15) is 0 Å². The zero-order valence-electron chi connectivity index (χ0n) is 33.1. The SMILES string of the molecule is C=CCNC(=O)C(=O)C(CC1CC1)NC(=O)[C@@H]1[C@@H]2[C@H](CN1C(=O)[C@@H](NC(=O)N[C@H](CN1C(=O)CC3(CCCC3)CC1=O)C(C)(C)C)C(C)(C)C)C2(C)C. The van der Waals surface area contributed by atoms with Crippen molar-refractivity contribution < 1.29 is 33.6 Å². The number of fused-ring (bicyclic) bond motifs is 1. The van der Waals surface area contributed by atoms with E-state index in [4.69, 9.17) is 0 Å². The van der Waals surface area contributed by atoms with Crippen LogP contribution in [0.5, 0.6) is 0 Å². The van der Waals surface area contributed by atoms with E-state index in [9.17, 15) is 33.6 Å². The van der Waals surface area contributed by atoms with E-state index in [1.165, 1.54) is 15.9 Å². The zero-order chi connectivity index (χ0) is 39.3. The van der Waals surface area contributed by atoms with E-state index in [0.717, 1.165) is 38.5 Å². The summed E-state index contributed by atoms with van der Waals surface area (Å²) in [5.74, 6) is -2.68. The quantitative estimate of drug-likeness (QED) is 0.127. The van der Waals surface area contributed by atoms with Crippen LogP contribution in [-0.2, 0) is 28.8 Å². The maximum atomic E-state index is 14.5. The molecule has 0 aromatic carbocycles. The van der Waals surface area contributed by atoms with Crippen molar-refractivity contribution in [3.05, 3.63) is 12.7 Å². The normalized spacial score (nSPS) is 26.3. The van der Waals surface area contributed by atoms with Gasteiger partial charge in [0, 0.05) is 32.5 Å². The van der Waals surface area contributed by atoms with Crippen LogP contribution < -0.4 is 21.3 Å². The van der Waals surface area contributed by atoms with Crippen LogP contribution >= 0.6 is 0 Å². The minimum Gasteiger partial charge on any atom is -0.346 e. The summed E-state index contributed by atoms with van der Waals surface area (Å²) >= 11 is 0. The number of urea groups is 1. The fourth-order valence-corrected chi connectivity index (χ4v) is 8.98. The summed E-state index contributed by atoms with van der Waals surface area (Å²) in [6.45, 7) is 19.4. The third-order valence-electron chi connectivity index (χ3n) is 12.7. The molecule has 3 aliphatic carbocycles. The molecule has 2 heterocycles. The van der Waals surface area contributed by atoms with E-state index >= 15 is 0 Å². The molecule has 7 amide bonds. The number of likely N-dealkylation sites (tertiary alicyclic amines) is 2. The standard InChI is InChI=1S/C40H62N6O7/c1-10-17-41-34(51)31(49)25(18-23-13-14-23)42-33(50)30-29-24(39(29,8)9)21-46(30)35(52)32(38(5,6)7)44-36(53)43-26(37(2,3)4)22-45-27(47)19-40(20-28(45)48)15-11-12-16-40/h10,23-26,29-30,32H,1,11-22H2,2-9H3,(H,41,51)(H,42,50)(H2,43,44,53)/t24-,25?,26+,29-,30-,32+/m0/s1. The number of hydrogen-bond donors (Lipinski definition) is 4. The second-order valence-corrected chi connectivity index (χ2v) is 19.3. The Kier molecular flexibility index (Phi) is 11.3. The molecule has 13 heteroatoms. The second-order valence-electron chi connectivity index (χ2n) is 19.3. The average molecular weight is 739 g/mol. The van der Waals surface area contributed by atoms with E-state index in [1.807, 2.05) is 41.5 Å². The van der Waals surface area contributed by atoms with Gasteiger partial charge in [-0.15, -0.1) is 6.58 Å². The monoisotopic (exact) mass is 738 g/mol. The lowest BCUT2D eigenvalue weighted by Gasteiger charge is -2.41. The molecule has 4 N–H and O–H groups in total. The minimum absolute atomic E-state index is 0.0258. The highest BCUT2D eigenvalue weighted by Gasteiger charge is 2.70. The Hall–Kier alpha value is -3.77. The van der Waals surface area contributed by atoms with Crippen LogP contribution in [0.3, 0.4) is 0 Å². The lowest BCUT2D eigenvalue weighted by Crippen LogP contribution is -2.63. The van der Waals surface area contributed by atoms with Gasteiger partial charge in [0.25, 0.3) is 5.91 Å². The zero-order valence-corrected chi connectivity index (χ0v) is 33.1. The fraction of sp³-hybridized carbons (Fsp3) is 0.775. The number of nitrogens with one attached hydrogen (secondary N) is 4. The number of piperidine rings is 2. The highest BCUT2D eigenvalue weighted by atomic mass is 16.2. The largest absolute Gasteiger partial charge is 0.346 e. The van der Waals surface area contributed by atoms with Gasteiger partial charge in [0.15, 0.2) is 0 Å². The fourth-order valence-electron chi connectivity index (χ4n) is 8.98. The molecule has 2 aliphatic heterocycles. The van der Waals surface area contributed by atoms with Crippen molar-refractivity contribution in [3.63, 3.8) is 0 Å². The van der Waals surface area contributed by atoms with Gasteiger partial charge in [-0.3, -0.25) is 33.7 Å². The molecule has 1 spiro atoms. The first-order valence-corrected chi connectivity index (χ1v) is 19.5. The first kappa shape index (κ1) is 40.4. The topological polar surface area (TPSA) is 174 Å². The van der Waals surface area contributed by atoms with Gasteiger partial charge in [0.1, 0.15) is 12.1 Å². The Balaban J connectivity index is 1.30. The van der Waals surface area contributed by atoms with Crippen LogP contribution in [0.25, 0.3) is 0 Å². The summed E-state index contributed by atoms with van der Waals surface area (Å²) < 4.78 is 0. The van der Waals surface area contributed by atoms with Gasteiger partial charge >= 0.3 is 6.03 Å². The van der Waals surface area contributed by atoms with Crippen LogP contribution in [0.15, 0.2) is 12.7 Å². The van der Waals surface area contributed by atoms with Gasteiger partial charge in [0.2, 0.25) is 29.4 Å². The smallest absolute Gasteiger partial charge is 0.315 e. The molecule has 5 rings (SSSR count). The molecular weight excluding hydrogens is 676 g/mol. The number of imide groups is 1. The van der Waals surface area contributed by atoms with E-state index in [2.05, 4.69) is 41.7 Å². The van der Waals surface area contributed by atoms with Crippen molar-refractivity contribution in [2.45, 2.75) is 137 Å². The van der Waals surface area contributed by atoms with Crippen molar-refractivity contribution in [1.29, 1.82) is 0 Å². The number of carbonyl (C=O) groups is 7. The van der Waals surface area contributed by atoms with Crippen molar-refractivity contribution >= 4 is 41.4 Å². The number of rotatable bonds is 13. The number of nitrogens with zero attached hydrogens (tertiary/aromatic N) is 2. The predicted octanol–water partition coefficient (Wildman–Crippen LogP) is 3.46. The highest BCUT2D eigenvalue weighted by Crippen LogP contribution is 2.65. The maximum Gasteiger partial charge on any atom is 0.315 e. The summed E-state index contributed by atoms with van der Waals surface area (Å²) in [4.78, 5) is 97.7. The predicted molar refractivity (Wildman–Crippen MR) is 199 cm³/mol. The van der Waals surface area contributed by atoms with Crippen LogP contribution in [-0.4, -0.2) is 95.0 Å². The molecule has 13 nitrogen and oxygen atoms in total. The van der Waals surface area contributed by atoms with Gasteiger partial charge in [-0.25, -0.2) is 4.79 Å². The third-order valence-corrected chi connectivity index (χ3v) is 12.7. The number of carbonyl (C=O) groups excluding carboxylic acids is 7. The van der Waals surface area contributed by atoms with Gasteiger partial charge in [-0.1, -0.05) is 87.1 Å². The van der Waals surface area contributed by atoms with Crippen molar-refractivity contribution in [3.8, 4) is 0 Å². The van der Waals surface area contributed by atoms with Crippen molar-refractivity contribution in [1.82, 2.24) is 31.1 Å². The molecule has 0 bridgehead atoms. The molecule has 2 saturated heterocycles. The van der Waals surface area contributed by atoms with Crippen LogP contribution in [0.2, 0.25) is 0 Å². The molecule has 0 aromatic rings. The maximum absolute atomic E-state index is 14.5. The Bertz CT molecular complexity index is 1500. The van der Waals surface area contributed by atoms with E-state index < -0.39 is 64.5 Å². The molecule has 1 unspecified atom stereocenters. The molecule has 294 valence electrons. The summed E-state index contributed by atoms with van der Waals surface area (Å²) in [7, 11) is 0. The molecule has 5 aliphatic rings. The number of ketones is 1. The van der Waals surface area contributed by atoms with Gasteiger partial charge in [0.05, 0.1) is 12.1 Å². The molecule has 0 radical (unpaired) electrons. The lowest BCUT2D eigenvalue weighted by atomic mass is 9.76. The highest BCUT2D eigenvalue weighted by molar-refractivity contribution is 6.38. The van der Waals surface area contributed by atoms with Crippen LogP contribution in [0.4, 0.5) is 4.79 Å². The minimum atomic E-state index is -1.03. The lowest BCUT2D eigenvalue weighted by molar-refractivity contribution is -0.154.